The summed E-state index contributed by atoms with van der Waals surface area (Å²) >= 11 is 0. The summed E-state index contributed by atoms with van der Waals surface area (Å²) in [6.45, 7) is 3.86. The van der Waals surface area contributed by atoms with E-state index in [0.29, 0.717) is 60.9 Å². The van der Waals surface area contributed by atoms with E-state index in [1.54, 1.807) is 19.1 Å². The number of amides is 1. The number of ether oxygens (including phenoxy) is 4. The van der Waals surface area contributed by atoms with Gasteiger partial charge in [-0.25, -0.2) is 4.98 Å². The van der Waals surface area contributed by atoms with Crippen LogP contribution in [-0.2, 0) is 16.1 Å². The second-order valence-corrected chi connectivity index (χ2v) is 6.68. The molecular weight excluding hydrogens is 392 g/mol. The first-order valence-corrected chi connectivity index (χ1v) is 9.48. The van der Waals surface area contributed by atoms with E-state index in [1.165, 1.54) is 32.0 Å². The number of carbonyl (C=O) groups excluding carboxylic acids is 1. The van der Waals surface area contributed by atoms with E-state index in [2.05, 4.69) is 10.3 Å². The predicted molar refractivity (Wildman–Crippen MR) is 111 cm³/mol. The molecule has 10 heteroatoms. The van der Waals surface area contributed by atoms with Gasteiger partial charge < -0.3 is 29.2 Å². The minimum atomic E-state index is -0.383. The van der Waals surface area contributed by atoms with Gasteiger partial charge in [-0.15, -0.1) is 0 Å². The molecule has 0 radical (unpaired) electrons. The fraction of sp³-hybridized carbons (Fsp3) is 0.450. The maximum atomic E-state index is 12.8. The standard InChI is InChI=1S/C20H26N4O6/c1-13-9-18(26)24(20(21-13)23-5-7-30-8-6-23)12-17(25)22-14-10-15(27-2)19(29-4)16(11-14)28-3/h9-11H,5-8,12H2,1-4H3,(H,22,25). The number of rotatable bonds is 7. The van der Waals surface area contributed by atoms with Gasteiger partial charge in [-0.05, 0) is 6.92 Å². The molecule has 1 aromatic heterocycles. The number of anilines is 2. The molecule has 0 spiro atoms. The van der Waals surface area contributed by atoms with Crippen LogP contribution in [0.4, 0.5) is 11.6 Å². The van der Waals surface area contributed by atoms with Gasteiger partial charge in [-0.1, -0.05) is 0 Å². The number of aryl methyl sites for hydroxylation is 1. The Morgan fingerprint density at radius 3 is 2.30 bits per heavy atom. The highest BCUT2D eigenvalue weighted by atomic mass is 16.5. The number of nitrogens with one attached hydrogen (secondary N) is 1. The Bertz CT molecular complexity index is 943. The lowest BCUT2D eigenvalue weighted by Gasteiger charge is -2.29. The van der Waals surface area contributed by atoms with Crippen molar-refractivity contribution in [1.82, 2.24) is 9.55 Å². The number of methoxy groups -OCH3 is 3. The van der Waals surface area contributed by atoms with Crippen molar-refractivity contribution in [2.75, 3.05) is 57.8 Å². The number of benzene rings is 1. The SMILES string of the molecule is COc1cc(NC(=O)Cn2c(N3CCOCC3)nc(C)cc2=O)cc(OC)c1OC. The molecule has 2 aromatic rings. The highest BCUT2D eigenvalue weighted by Crippen LogP contribution is 2.39. The molecule has 0 saturated carbocycles. The first-order chi connectivity index (χ1) is 14.5. The molecule has 1 amide bonds. The van der Waals surface area contributed by atoms with Crippen LogP contribution in [0.3, 0.4) is 0 Å². The third kappa shape index (κ3) is 4.65. The van der Waals surface area contributed by atoms with Crippen LogP contribution in [0, 0.1) is 6.92 Å². The zero-order chi connectivity index (χ0) is 21.7. The second-order valence-electron chi connectivity index (χ2n) is 6.68. The minimum absolute atomic E-state index is 0.185. The van der Waals surface area contributed by atoms with Gasteiger partial charge in [0.2, 0.25) is 17.6 Å². The quantitative estimate of drug-likeness (QED) is 0.712. The summed E-state index contributed by atoms with van der Waals surface area (Å²) in [6, 6.07) is 4.66. The number of hydrogen-bond acceptors (Lipinski definition) is 8. The van der Waals surface area contributed by atoms with Crippen molar-refractivity contribution >= 4 is 17.5 Å². The molecule has 1 saturated heterocycles. The summed E-state index contributed by atoms with van der Waals surface area (Å²) in [5.74, 6) is 1.33. The average molecular weight is 418 g/mol. The van der Waals surface area contributed by atoms with Crippen molar-refractivity contribution in [2.24, 2.45) is 0 Å². The summed E-state index contributed by atoms with van der Waals surface area (Å²) in [4.78, 5) is 31.8. The van der Waals surface area contributed by atoms with Crippen molar-refractivity contribution in [3.05, 3.63) is 34.2 Å². The van der Waals surface area contributed by atoms with E-state index >= 15 is 0 Å². The topological polar surface area (TPSA) is 104 Å². The fourth-order valence-electron chi connectivity index (χ4n) is 3.26. The van der Waals surface area contributed by atoms with E-state index in [9.17, 15) is 9.59 Å². The first-order valence-electron chi connectivity index (χ1n) is 9.48. The summed E-state index contributed by atoms with van der Waals surface area (Å²) in [5.41, 5.74) is 0.766. The molecule has 1 fully saturated rings. The van der Waals surface area contributed by atoms with Gasteiger partial charge in [0.15, 0.2) is 11.5 Å². The van der Waals surface area contributed by atoms with Gasteiger partial charge in [0.25, 0.3) is 5.56 Å². The van der Waals surface area contributed by atoms with Crippen LogP contribution in [-0.4, -0.2) is 63.1 Å². The van der Waals surface area contributed by atoms with Crippen molar-refractivity contribution in [2.45, 2.75) is 13.5 Å². The number of nitrogens with zero attached hydrogens (tertiary/aromatic N) is 3. The van der Waals surface area contributed by atoms with Gasteiger partial charge in [0.05, 0.1) is 34.5 Å². The van der Waals surface area contributed by atoms with Crippen LogP contribution in [0.25, 0.3) is 0 Å². The van der Waals surface area contributed by atoms with Crippen LogP contribution in [0.5, 0.6) is 17.2 Å². The molecule has 0 aliphatic carbocycles. The van der Waals surface area contributed by atoms with Crippen LogP contribution in [0.15, 0.2) is 23.0 Å². The molecule has 0 bridgehead atoms. The highest BCUT2D eigenvalue weighted by molar-refractivity contribution is 5.91. The Labute approximate surface area is 174 Å². The van der Waals surface area contributed by atoms with Crippen LogP contribution in [0.2, 0.25) is 0 Å². The van der Waals surface area contributed by atoms with Crippen LogP contribution < -0.4 is 30.0 Å². The van der Waals surface area contributed by atoms with Crippen LogP contribution in [0.1, 0.15) is 5.69 Å². The average Bonchev–Trinajstić information content (AvgIpc) is 2.75. The van der Waals surface area contributed by atoms with E-state index < -0.39 is 0 Å². The molecule has 1 aromatic carbocycles. The van der Waals surface area contributed by atoms with Gasteiger partial charge >= 0.3 is 0 Å². The van der Waals surface area contributed by atoms with Crippen molar-refractivity contribution in [3.8, 4) is 17.2 Å². The van der Waals surface area contributed by atoms with E-state index in [1.807, 2.05) is 4.90 Å². The number of hydrogen-bond donors (Lipinski definition) is 1. The summed E-state index contributed by atoms with van der Waals surface area (Å²) < 4.78 is 22.7. The van der Waals surface area contributed by atoms with Crippen LogP contribution >= 0.6 is 0 Å². The predicted octanol–water partition coefficient (Wildman–Crippen LogP) is 1.05. The maximum Gasteiger partial charge on any atom is 0.255 e. The Hall–Kier alpha value is -3.27. The summed E-state index contributed by atoms with van der Waals surface area (Å²) in [6.07, 6.45) is 0. The van der Waals surface area contributed by atoms with Gasteiger partial charge in [-0.3, -0.25) is 14.2 Å². The molecular formula is C20H26N4O6. The smallest absolute Gasteiger partial charge is 0.255 e. The molecule has 30 heavy (non-hydrogen) atoms. The Morgan fingerprint density at radius 1 is 1.10 bits per heavy atom. The van der Waals surface area contributed by atoms with E-state index in [4.69, 9.17) is 18.9 Å². The molecule has 10 nitrogen and oxygen atoms in total. The zero-order valence-corrected chi connectivity index (χ0v) is 17.6. The zero-order valence-electron chi connectivity index (χ0n) is 17.6. The summed E-state index contributed by atoms with van der Waals surface area (Å²) in [5, 5.41) is 2.78. The largest absolute Gasteiger partial charge is 0.493 e. The number of carbonyl (C=O) groups is 1. The third-order valence-corrected chi connectivity index (χ3v) is 4.66. The highest BCUT2D eigenvalue weighted by Gasteiger charge is 2.20. The van der Waals surface area contributed by atoms with Crippen molar-refractivity contribution in [3.63, 3.8) is 0 Å². The molecule has 2 heterocycles. The van der Waals surface area contributed by atoms with E-state index in [-0.39, 0.29) is 18.0 Å². The molecule has 1 aliphatic heterocycles. The molecule has 1 aliphatic rings. The molecule has 0 atom stereocenters. The lowest BCUT2D eigenvalue weighted by Crippen LogP contribution is -2.41. The lowest BCUT2D eigenvalue weighted by molar-refractivity contribution is -0.116. The summed E-state index contributed by atoms with van der Waals surface area (Å²) in [7, 11) is 4.49. The normalized spacial score (nSPS) is 13.7. The Balaban J connectivity index is 1.86. The molecule has 162 valence electrons. The lowest BCUT2D eigenvalue weighted by atomic mass is 10.2. The first kappa shape index (κ1) is 21.4. The maximum absolute atomic E-state index is 12.8. The number of morpholine rings is 1. The Kier molecular flexibility index (Phi) is 6.78. The van der Waals surface area contributed by atoms with Gasteiger partial charge in [0.1, 0.15) is 6.54 Å². The second kappa shape index (κ2) is 9.49. The van der Waals surface area contributed by atoms with Crippen molar-refractivity contribution in [1.29, 1.82) is 0 Å². The third-order valence-electron chi connectivity index (χ3n) is 4.66. The minimum Gasteiger partial charge on any atom is -0.493 e. The van der Waals surface area contributed by atoms with Crippen molar-refractivity contribution < 1.29 is 23.7 Å². The molecule has 0 unspecified atom stereocenters. The monoisotopic (exact) mass is 418 g/mol. The Morgan fingerprint density at radius 2 is 1.73 bits per heavy atom. The molecule has 3 rings (SSSR count). The van der Waals surface area contributed by atoms with E-state index in [0.717, 1.165) is 0 Å². The van der Waals surface area contributed by atoms with Gasteiger partial charge in [-0.2, -0.15) is 0 Å². The van der Waals surface area contributed by atoms with Gasteiger partial charge in [0, 0.05) is 42.7 Å². The fourth-order valence-corrected chi connectivity index (χ4v) is 3.26. The number of aromatic nitrogens is 2. The molecule has 1 N–H and O–H groups in total.